The van der Waals surface area contributed by atoms with Crippen LogP contribution in [0, 0.1) is 6.20 Å². The average Bonchev–Trinajstić information content (AvgIpc) is 2.82. The lowest BCUT2D eigenvalue weighted by atomic mass is 10.1. The summed E-state index contributed by atoms with van der Waals surface area (Å²) in [6.07, 6.45) is 4.38. The first-order valence-corrected chi connectivity index (χ1v) is 4.48. The summed E-state index contributed by atoms with van der Waals surface area (Å²) < 4.78 is 4.67. The highest BCUT2D eigenvalue weighted by atomic mass is 16.5. The van der Waals surface area contributed by atoms with E-state index in [1.54, 1.807) is 0 Å². The van der Waals surface area contributed by atoms with Gasteiger partial charge >= 0.3 is 0 Å². The summed E-state index contributed by atoms with van der Waals surface area (Å²) in [5, 5.41) is 8.26. The van der Waals surface area contributed by atoms with Crippen LogP contribution in [0.25, 0.3) is 22.2 Å². The van der Waals surface area contributed by atoms with E-state index in [-0.39, 0.29) is 0 Å². The topological polar surface area (TPSA) is 51.8 Å². The van der Waals surface area contributed by atoms with Crippen molar-refractivity contribution in [3.05, 3.63) is 42.8 Å². The lowest BCUT2D eigenvalue weighted by molar-refractivity contribution is 0.393. The second kappa shape index (κ2) is 3.16. The minimum absolute atomic E-state index is 0.647. The molecule has 0 fully saturated rings. The molecule has 71 valence electrons. The highest BCUT2D eigenvalue weighted by Gasteiger charge is 2.04. The molecule has 2 heterocycles. The van der Waals surface area contributed by atoms with E-state index in [1.165, 1.54) is 6.26 Å². The maximum atomic E-state index is 4.67. The Bertz CT molecular complexity index is 590. The van der Waals surface area contributed by atoms with Crippen LogP contribution in [0.1, 0.15) is 0 Å². The van der Waals surface area contributed by atoms with E-state index in [4.69, 9.17) is 0 Å². The Kier molecular flexibility index (Phi) is 1.71. The smallest absolute Gasteiger partial charge is 0.152 e. The third kappa shape index (κ3) is 1.36. The zero-order chi connectivity index (χ0) is 10.1. The van der Waals surface area contributed by atoms with Crippen LogP contribution in [-0.2, 0) is 0 Å². The zero-order valence-corrected chi connectivity index (χ0v) is 7.71. The summed E-state index contributed by atoms with van der Waals surface area (Å²) >= 11 is 0. The molecule has 1 radical (unpaired) electrons. The Balaban J connectivity index is 2.22. The minimum Gasteiger partial charge on any atom is -0.345 e. The maximum absolute atomic E-state index is 4.67. The van der Waals surface area contributed by atoms with Gasteiger partial charge in [-0.2, -0.15) is 0 Å². The first-order chi connectivity index (χ1) is 7.43. The monoisotopic (exact) mass is 196 g/mol. The molecular formula is C11H6N3O. The van der Waals surface area contributed by atoms with Crippen molar-refractivity contribution in [1.29, 1.82) is 0 Å². The molecule has 4 heteroatoms. The zero-order valence-electron chi connectivity index (χ0n) is 7.71. The van der Waals surface area contributed by atoms with Gasteiger partial charge < -0.3 is 4.52 Å². The van der Waals surface area contributed by atoms with E-state index in [0.717, 1.165) is 16.5 Å². The number of aromatic nitrogens is 3. The van der Waals surface area contributed by atoms with Crippen molar-refractivity contribution >= 4 is 10.9 Å². The number of hydrogen-bond donors (Lipinski definition) is 0. The van der Waals surface area contributed by atoms with Crippen LogP contribution in [0.3, 0.4) is 0 Å². The van der Waals surface area contributed by atoms with Gasteiger partial charge in [0.25, 0.3) is 0 Å². The van der Waals surface area contributed by atoms with E-state index < -0.39 is 0 Å². The molecule has 0 spiro atoms. The maximum Gasteiger partial charge on any atom is 0.152 e. The summed E-state index contributed by atoms with van der Waals surface area (Å²) in [6, 6.07) is 9.81. The van der Waals surface area contributed by atoms with Crippen molar-refractivity contribution in [3.63, 3.8) is 0 Å². The summed E-state index contributed by atoms with van der Waals surface area (Å²) in [4.78, 5) is 4.20. The summed E-state index contributed by atoms with van der Waals surface area (Å²) in [5.74, 6) is 0. The Morgan fingerprint density at radius 1 is 1.20 bits per heavy atom. The van der Waals surface area contributed by atoms with E-state index in [0.29, 0.717) is 5.69 Å². The Morgan fingerprint density at radius 3 is 3.00 bits per heavy atom. The van der Waals surface area contributed by atoms with Crippen LogP contribution in [0.4, 0.5) is 0 Å². The van der Waals surface area contributed by atoms with Gasteiger partial charge in [-0.3, -0.25) is 0 Å². The van der Waals surface area contributed by atoms with Crippen molar-refractivity contribution in [2.24, 2.45) is 0 Å². The standard InChI is InChI=1S/C11H6N3O/c1-2-4-10-8(3-1)5-9(6-12-10)11-7-15-14-13-11/h1-5,7H. The van der Waals surface area contributed by atoms with Crippen molar-refractivity contribution in [3.8, 4) is 11.3 Å². The molecular weight excluding hydrogens is 190 g/mol. The summed E-state index contributed by atoms with van der Waals surface area (Å²) in [6.45, 7) is 0. The lowest BCUT2D eigenvalue weighted by Gasteiger charge is -1.97. The fourth-order valence-corrected chi connectivity index (χ4v) is 1.43. The van der Waals surface area contributed by atoms with Gasteiger partial charge in [-0.1, -0.05) is 18.2 Å². The van der Waals surface area contributed by atoms with Crippen LogP contribution in [0.2, 0.25) is 0 Å². The predicted octanol–water partition coefficient (Wildman–Crippen LogP) is 2.08. The molecule has 0 aliphatic heterocycles. The van der Waals surface area contributed by atoms with Crippen LogP contribution in [-0.4, -0.2) is 15.4 Å². The predicted molar refractivity (Wildman–Crippen MR) is 53.9 cm³/mol. The molecule has 1 aromatic carbocycles. The molecule has 0 aliphatic rings. The van der Waals surface area contributed by atoms with Gasteiger partial charge in [0.15, 0.2) is 6.26 Å². The van der Waals surface area contributed by atoms with E-state index in [1.807, 2.05) is 30.3 Å². The number of fused-ring (bicyclic) bond motifs is 1. The van der Waals surface area contributed by atoms with E-state index >= 15 is 0 Å². The largest absolute Gasteiger partial charge is 0.345 e. The molecule has 0 amide bonds. The fraction of sp³-hybridized carbons (Fsp3) is 0. The normalized spacial score (nSPS) is 10.7. The van der Waals surface area contributed by atoms with E-state index in [9.17, 15) is 0 Å². The van der Waals surface area contributed by atoms with Gasteiger partial charge in [0.1, 0.15) is 5.69 Å². The molecule has 0 unspecified atom stereocenters. The van der Waals surface area contributed by atoms with Crippen molar-refractivity contribution in [1.82, 2.24) is 15.4 Å². The molecule has 4 nitrogen and oxygen atoms in total. The number of rotatable bonds is 1. The quantitative estimate of drug-likeness (QED) is 0.598. The first-order valence-electron chi connectivity index (χ1n) is 4.48. The Labute approximate surface area is 85.5 Å². The SMILES string of the molecule is [c]1nc2ccccc2cc1-c1conn1. The van der Waals surface area contributed by atoms with Gasteiger partial charge in [-0.05, 0) is 12.1 Å². The molecule has 2 aromatic heterocycles. The molecule has 0 aliphatic carbocycles. The van der Waals surface area contributed by atoms with Gasteiger partial charge in [-0.25, -0.2) is 4.98 Å². The van der Waals surface area contributed by atoms with Crippen LogP contribution in [0.15, 0.2) is 41.1 Å². The fourth-order valence-electron chi connectivity index (χ4n) is 1.43. The lowest BCUT2D eigenvalue weighted by Crippen LogP contribution is -1.83. The number of benzene rings is 1. The number of para-hydroxylation sites is 1. The van der Waals surface area contributed by atoms with Crippen LogP contribution < -0.4 is 0 Å². The Morgan fingerprint density at radius 2 is 2.13 bits per heavy atom. The molecule has 0 saturated carbocycles. The molecule has 0 bridgehead atoms. The van der Waals surface area contributed by atoms with Gasteiger partial charge in [0.2, 0.25) is 0 Å². The van der Waals surface area contributed by atoms with Crippen molar-refractivity contribution < 1.29 is 4.52 Å². The van der Waals surface area contributed by atoms with Crippen LogP contribution in [0.5, 0.6) is 0 Å². The molecule has 0 saturated heterocycles. The first kappa shape index (κ1) is 8.11. The van der Waals surface area contributed by atoms with Crippen molar-refractivity contribution in [2.45, 2.75) is 0 Å². The van der Waals surface area contributed by atoms with Gasteiger partial charge in [0.05, 0.1) is 11.7 Å². The Hall–Kier alpha value is -2.23. The summed E-state index contributed by atoms with van der Waals surface area (Å²) in [7, 11) is 0. The van der Waals surface area contributed by atoms with Gasteiger partial charge in [0, 0.05) is 16.2 Å². The minimum atomic E-state index is 0.647. The highest BCUT2D eigenvalue weighted by Crippen LogP contribution is 2.19. The van der Waals surface area contributed by atoms with Crippen molar-refractivity contribution in [2.75, 3.05) is 0 Å². The molecule has 3 aromatic rings. The second-order valence-corrected chi connectivity index (χ2v) is 3.13. The number of nitrogens with zero attached hydrogens (tertiary/aromatic N) is 3. The number of hydrogen-bond acceptors (Lipinski definition) is 4. The van der Waals surface area contributed by atoms with Gasteiger partial charge in [-0.15, -0.1) is 5.10 Å². The van der Waals surface area contributed by atoms with Crippen LogP contribution >= 0.6 is 0 Å². The van der Waals surface area contributed by atoms with E-state index in [2.05, 4.69) is 26.1 Å². The summed E-state index contributed by atoms with van der Waals surface area (Å²) in [5.41, 5.74) is 2.35. The average molecular weight is 196 g/mol. The molecule has 0 N–H and O–H groups in total. The molecule has 15 heavy (non-hydrogen) atoms. The third-order valence-corrected chi connectivity index (χ3v) is 2.17. The molecule has 0 atom stereocenters. The molecule has 3 rings (SSSR count). The highest BCUT2D eigenvalue weighted by molar-refractivity contribution is 5.82. The second-order valence-electron chi connectivity index (χ2n) is 3.13. The number of pyridine rings is 1. The third-order valence-electron chi connectivity index (χ3n) is 2.17.